The van der Waals surface area contributed by atoms with E-state index in [9.17, 15) is 4.39 Å². The molecule has 1 N–H and O–H groups in total. The van der Waals surface area contributed by atoms with Gasteiger partial charge < -0.3 is 5.32 Å². The molecule has 1 heterocycles. The minimum atomic E-state index is -0.468. The van der Waals surface area contributed by atoms with Crippen LogP contribution in [0, 0.1) is 5.82 Å². The molecular weight excluding hydrogens is 289 g/mol. The van der Waals surface area contributed by atoms with Crippen molar-refractivity contribution in [1.29, 1.82) is 0 Å². The molecule has 0 saturated heterocycles. The van der Waals surface area contributed by atoms with Gasteiger partial charge in [0.05, 0.1) is 10.6 Å². The normalized spacial score (nSPS) is 15.4. The number of rotatable bonds is 3. The van der Waals surface area contributed by atoms with Crippen LogP contribution in [0.25, 0.3) is 11.4 Å². The molecule has 21 heavy (non-hydrogen) atoms. The Bertz CT molecular complexity index is 654. The van der Waals surface area contributed by atoms with Crippen LogP contribution >= 0.6 is 11.6 Å². The average Bonchev–Trinajstić information content (AvgIpc) is 3.04. The van der Waals surface area contributed by atoms with Gasteiger partial charge in [-0.25, -0.2) is 14.4 Å². The van der Waals surface area contributed by atoms with Gasteiger partial charge in [-0.05, 0) is 25.0 Å². The molecule has 1 aliphatic rings. The van der Waals surface area contributed by atoms with Crippen LogP contribution in [-0.4, -0.2) is 17.0 Å². The number of benzene rings is 1. The summed E-state index contributed by atoms with van der Waals surface area (Å²) in [5.41, 5.74) is 1.33. The monoisotopic (exact) mass is 305 g/mol. The number of nitrogens with zero attached hydrogens (tertiary/aromatic N) is 2. The summed E-state index contributed by atoms with van der Waals surface area (Å²) < 4.78 is 14.2. The van der Waals surface area contributed by atoms with Gasteiger partial charge in [-0.15, -0.1) is 0 Å². The minimum Gasteiger partial charge on any atom is -0.373 e. The molecule has 1 aromatic carbocycles. The van der Waals surface area contributed by atoms with E-state index in [-0.39, 0.29) is 5.02 Å². The highest BCUT2D eigenvalue weighted by molar-refractivity contribution is 6.31. The zero-order valence-electron chi connectivity index (χ0n) is 11.9. The van der Waals surface area contributed by atoms with Crippen molar-refractivity contribution in [2.24, 2.45) is 0 Å². The Morgan fingerprint density at radius 2 is 2.00 bits per heavy atom. The molecule has 5 heteroatoms. The van der Waals surface area contributed by atoms with E-state index in [0.717, 1.165) is 18.5 Å². The molecule has 0 radical (unpaired) electrons. The highest BCUT2D eigenvalue weighted by Crippen LogP contribution is 2.35. The topological polar surface area (TPSA) is 37.8 Å². The van der Waals surface area contributed by atoms with Crippen molar-refractivity contribution in [3.05, 3.63) is 40.8 Å². The number of anilines is 1. The van der Waals surface area contributed by atoms with E-state index in [1.165, 1.54) is 18.9 Å². The van der Waals surface area contributed by atoms with E-state index in [0.29, 0.717) is 23.1 Å². The van der Waals surface area contributed by atoms with Crippen molar-refractivity contribution in [2.45, 2.75) is 31.6 Å². The Morgan fingerprint density at radius 3 is 2.71 bits per heavy atom. The number of hydrogen-bond donors (Lipinski definition) is 1. The molecule has 0 unspecified atom stereocenters. The van der Waals surface area contributed by atoms with Gasteiger partial charge in [0.1, 0.15) is 5.82 Å². The summed E-state index contributed by atoms with van der Waals surface area (Å²) in [6, 6.07) is 6.86. The van der Waals surface area contributed by atoms with Gasteiger partial charge in [0.15, 0.2) is 11.6 Å². The second-order valence-corrected chi connectivity index (χ2v) is 5.74. The zero-order chi connectivity index (χ0) is 14.8. The SMILES string of the molecule is CNc1cc(C2CCCC2)nc(-c2cccc(Cl)c2F)n1. The van der Waals surface area contributed by atoms with Gasteiger partial charge in [0.2, 0.25) is 0 Å². The van der Waals surface area contributed by atoms with Gasteiger partial charge in [-0.1, -0.05) is 30.5 Å². The predicted molar refractivity (Wildman–Crippen MR) is 83.2 cm³/mol. The Labute approximate surface area is 128 Å². The molecule has 1 aliphatic carbocycles. The third kappa shape index (κ3) is 2.86. The molecule has 0 amide bonds. The lowest BCUT2D eigenvalue weighted by molar-refractivity contribution is 0.629. The minimum absolute atomic E-state index is 0.0911. The quantitative estimate of drug-likeness (QED) is 0.898. The third-order valence-electron chi connectivity index (χ3n) is 3.97. The van der Waals surface area contributed by atoms with E-state index < -0.39 is 5.82 Å². The summed E-state index contributed by atoms with van der Waals surface area (Å²) in [5, 5.41) is 3.12. The van der Waals surface area contributed by atoms with Crippen LogP contribution in [0.15, 0.2) is 24.3 Å². The highest BCUT2D eigenvalue weighted by atomic mass is 35.5. The van der Waals surface area contributed by atoms with E-state index >= 15 is 0 Å². The smallest absolute Gasteiger partial charge is 0.164 e. The molecule has 1 saturated carbocycles. The molecule has 3 nitrogen and oxygen atoms in total. The van der Waals surface area contributed by atoms with Crippen molar-refractivity contribution < 1.29 is 4.39 Å². The molecule has 0 spiro atoms. The molecular formula is C16H17ClFN3. The maximum absolute atomic E-state index is 14.2. The van der Waals surface area contributed by atoms with Gasteiger partial charge >= 0.3 is 0 Å². The lowest BCUT2D eigenvalue weighted by atomic mass is 10.0. The fourth-order valence-corrected chi connectivity index (χ4v) is 3.00. The van der Waals surface area contributed by atoms with Crippen molar-refractivity contribution in [2.75, 3.05) is 12.4 Å². The first-order chi connectivity index (χ1) is 10.2. The van der Waals surface area contributed by atoms with Crippen molar-refractivity contribution in [3.63, 3.8) is 0 Å². The van der Waals surface area contributed by atoms with Crippen LogP contribution in [0.3, 0.4) is 0 Å². The van der Waals surface area contributed by atoms with E-state index in [1.54, 1.807) is 19.2 Å². The van der Waals surface area contributed by atoms with Crippen LogP contribution in [-0.2, 0) is 0 Å². The largest absolute Gasteiger partial charge is 0.373 e. The van der Waals surface area contributed by atoms with Crippen molar-refractivity contribution in [3.8, 4) is 11.4 Å². The molecule has 110 valence electrons. The summed E-state index contributed by atoms with van der Waals surface area (Å²) in [6.07, 6.45) is 4.73. The van der Waals surface area contributed by atoms with Gasteiger partial charge in [-0.2, -0.15) is 0 Å². The second kappa shape index (κ2) is 5.98. The Kier molecular flexibility index (Phi) is 4.06. The Morgan fingerprint density at radius 1 is 1.24 bits per heavy atom. The number of nitrogens with one attached hydrogen (secondary N) is 1. The summed E-state index contributed by atoms with van der Waals surface area (Å²) in [5.74, 6) is 1.08. The molecule has 1 fully saturated rings. The first-order valence-electron chi connectivity index (χ1n) is 7.20. The van der Waals surface area contributed by atoms with Gasteiger partial charge in [-0.3, -0.25) is 0 Å². The summed E-state index contributed by atoms with van der Waals surface area (Å²) >= 11 is 5.86. The van der Waals surface area contributed by atoms with Crippen LogP contribution in [0.2, 0.25) is 5.02 Å². The molecule has 3 rings (SSSR count). The first kappa shape index (κ1) is 14.3. The fourth-order valence-electron chi connectivity index (χ4n) is 2.82. The van der Waals surface area contributed by atoms with Gasteiger partial charge in [0, 0.05) is 24.7 Å². The van der Waals surface area contributed by atoms with Gasteiger partial charge in [0.25, 0.3) is 0 Å². The average molecular weight is 306 g/mol. The predicted octanol–water partition coefficient (Wildman–Crippen LogP) is 4.64. The van der Waals surface area contributed by atoms with E-state index in [1.807, 2.05) is 6.07 Å². The van der Waals surface area contributed by atoms with Crippen LogP contribution in [0.4, 0.5) is 10.2 Å². The summed E-state index contributed by atoms with van der Waals surface area (Å²) in [6.45, 7) is 0. The van der Waals surface area contributed by atoms with Crippen LogP contribution in [0.5, 0.6) is 0 Å². The van der Waals surface area contributed by atoms with E-state index in [4.69, 9.17) is 11.6 Å². The molecule has 2 aromatic rings. The van der Waals surface area contributed by atoms with Crippen molar-refractivity contribution >= 4 is 17.4 Å². The number of hydrogen-bond acceptors (Lipinski definition) is 3. The highest BCUT2D eigenvalue weighted by Gasteiger charge is 2.21. The number of aromatic nitrogens is 2. The molecule has 1 aromatic heterocycles. The standard InChI is InChI=1S/C16H17ClFN3/c1-19-14-9-13(10-5-2-3-6-10)20-16(21-14)11-7-4-8-12(17)15(11)18/h4,7-10H,2-3,5-6H2,1H3,(H,19,20,21). The Balaban J connectivity index is 2.09. The van der Waals surface area contributed by atoms with Crippen LogP contribution < -0.4 is 5.32 Å². The molecule has 0 atom stereocenters. The summed E-state index contributed by atoms with van der Waals surface area (Å²) in [7, 11) is 1.80. The fraction of sp³-hybridized carbons (Fsp3) is 0.375. The van der Waals surface area contributed by atoms with Crippen molar-refractivity contribution in [1.82, 2.24) is 9.97 Å². The zero-order valence-corrected chi connectivity index (χ0v) is 12.6. The second-order valence-electron chi connectivity index (χ2n) is 5.33. The maximum atomic E-state index is 14.2. The lowest BCUT2D eigenvalue weighted by Gasteiger charge is -2.13. The maximum Gasteiger partial charge on any atom is 0.164 e. The number of halogens is 2. The van der Waals surface area contributed by atoms with Crippen LogP contribution in [0.1, 0.15) is 37.3 Å². The third-order valence-corrected chi connectivity index (χ3v) is 4.26. The summed E-state index contributed by atoms with van der Waals surface area (Å²) in [4.78, 5) is 8.96. The first-order valence-corrected chi connectivity index (χ1v) is 7.58. The Hall–Kier alpha value is -1.68. The van der Waals surface area contributed by atoms with E-state index in [2.05, 4.69) is 15.3 Å². The molecule has 0 bridgehead atoms. The molecule has 0 aliphatic heterocycles. The lowest BCUT2D eigenvalue weighted by Crippen LogP contribution is -2.04.